The molecule has 3 rings (SSSR count). The summed E-state index contributed by atoms with van der Waals surface area (Å²) in [7, 11) is 0. The lowest BCUT2D eigenvalue weighted by Crippen LogP contribution is -2.30. The maximum absolute atomic E-state index is 3.72. The topological polar surface area (TPSA) is 17.0 Å². The van der Waals surface area contributed by atoms with Gasteiger partial charge in [-0.1, -0.05) is 19.9 Å². The summed E-state index contributed by atoms with van der Waals surface area (Å²) in [4.78, 5) is 0. The molecule has 0 spiro atoms. The number of anilines is 1. The molecule has 3 atom stereocenters. The first-order valence-electron chi connectivity index (χ1n) is 7.72. The minimum absolute atomic E-state index is 0.626. The molecule has 3 unspecified atom stereocenters. The SMILES string of the molecule is CC1CCC(Nc2cccc(-n3cccc3)c2)CC1C. The molecule has 1 aromatic heterocycles. The van der Waals surface area contributed by atoms with Gasteiger partial charge >= 0.3 is 0 Å². The Morgan fingerprint density at radius 3 is 2.55 bits per heavy atom. The zero-order valence-corrected chi connectivity index (χ0v) is 12.4. The van der Waals surface area contributed by atoms with E-state index in [1.807, 2.05) is 0 Å². The molecule has 1 heterocycles. The molecule has 0 aliphatic heterocycles. The van der Waals surface area contributed by atoms with Crippen LogP contribution >= 0.6 is 0 Å². The van der Waals surface area contributed by atoms with Crippen LogP contribution in [0.15, 0.2) is 48.8 Å². The fourth-order valence-electron chi connectivity index (χ4n) is 3.18. The van der Waals surface area contributed by atoms with Crippen molar-refractivity contribution < 1.29 is 0 Å². The third-order valence-corrected chi connectivity index (χ3v) is 4.72. The van der Waals surface area contributed by atoms with Crippen molar-refractivity contribution in [2.24, 2.45) is 11.8 Å². The van der Waals surface area contributed by atoms with E-state index in [0.717, 1.165) is 11.8 Å². The number of hydrogen-bond acceptors (Lipinski definition) is 1. The van der Waals surface area contributed by atoms with E-state index in [1.165, 1.54) is 30.6 Å². The van der Waals surface area contributed by atoms with Crippen LogP contribution in [0.2, 0.25) is 0 Å². The van der Waals surface area contributed by atoms with Gasteiger partial charge in [0.25, 0.3) is 0 Å². The van der Waals surface area contributed by atoms with Crippen molar-refractivity contribution in [2.75, 3.05) is 5.32 Å². The number of nitrogens with zero attached hydrogens (tertiary/aromatic N) is 1. The van der Waals surface area contributed by atoms with Gasteiger partial charge in [0.15, 0.2) is 0 Å². The average molecular weight is 268 g/mol. The van der Waals surface area contributed by atoms with Crippen LogP contribution in [0.1, 0.15) is 33.1 Å². The Morgan fingerprint density at radius 2 is 1.80 bits per heavy atom. The summed E-state index contributed by atoms with van der Waals surface area (Å²) in [6.07, 6.45) is 8.09. The Labute approximate surface area is 121 Å². The minimum atomic E-state index is 0.626. The second-order valence-corrected chi connectivity index (χ2v) is 6.25. The largest absolute Gasteiger partial charge is 0.382 e. The van der Waals surface area contributed by atoms with Gasteiger partial charge in [-0.05, 0) is 61.4 Å². The van der Waals surface area contributed by atoms with E-state index in [2.05, 4.69) is 72.5 Å². The summed E-state index contributed by atoms with van der Waals surface area (Å²) >= 11 is 0. The van der Waals surface area contributed by atoms with Crippen LogP contribution in [0.25, 0.3) is 5.69 Å². The van der Waals surface area contributed by atoms with E-state index in [9.17, 15) is 0 Å². The van der Waals surface area contributed by atoms with Crippen molar-refractivity contribution in [3.05, 3.63) is 48.8 Å². The molecule has 0 amide bonds. The van der Waals surface area contributed by atoms with E-state index >= 15 is 0 Å². The molecule has 1 N–H and O–H groups in total. The van der Waals surface area contributed by atoms with E-state index in [0.29, 0.717) is 6.04 Å². The molecule has 20 heavy (non-hydrogen) atoms. The first-order chi connectivity index (χ1) is 9.72. The molecule has 1 saturated carbocycles. The zero-order valence-electron chi connectivity index (χ0n) is 12.4. The van der Waals surface area contributed by atoms with E-state index in [1.54, 1.807) is 0 Å². The van der Waals surface area contributed by atoms with E-state index in [4.69, 9.17) is 0 Å². The highest BCUT2D eigenvalue weighted by Gasteiger charge is 2.24. The lowest BCUT2D eigenvalue weighted by atomic mass is 9.79. The van der Waals surface area contributed by atoms with Gasteiger partial charge < -0.3 is 9.88 Å². The van der Waals surface area contributed by atoms with Gasteiger partial charge in [0.05, 0.1) is 0 Å². The highest BCUT2D eigenvalue weighted by atomic mass is 15.0. The molecule has 1 fully saturated rings. The number of nitrogens with one attached hydrogen (secondary N) is 1. The van der Waals surface area contributed by atoms with Gasteiger partial charge in [0.1, 0.15) is 0 Å². The molecule has 106 valence electrons. The van der Waals surface area contributed by atoms with Crippen molar-refractivity contribution in [3.8, 4) is 5.69 Å². The summed E-state index contributed by atoms with van der Waals surface area (Å²) in [6.45, 7) is 4.77. The van der Waals surface area contributed by atoms with Crippen LogP contribution in [0, 0.1) is 11.8 Å². The van der Waals surface area contributed by atoms with Crippen molar-refractivity contribution >= 4 is 5.69 Å². The highest BCUT2D eigenvalue weighted by Crippen LogP contribution is 2.31. The Balaban J connectivity index is 1.70. The maximum atomic E-state index is 3.72. The van der Waals surface area contributed by atoms with E-state index in [-0.39, 0.29) is 0 Å². The van der Waals surface area contributed by atoms with Crippen molar-refractivity contribution in [1.29, 1.82) is 0 Å². The fraction of sp³-hybridized carbons (Fsp3) is 0.444. The Kier molecular flexibility index (Phi) is 3.81. The predicted molar refractivity (Wildman–Crippen MR) is 85.4 cm³/mol. The third-order valence-electron chi connectivity index (χ3n) is 4.72. The average Bonchev–Trinajstić information content (AvgIpc) is 2.97. The molecule has 2 nitrogen and oxygen atoms in total. The number of benzene rings is 1. The summed E-state index contributed by atoms with van der Waals surface area (Å²) in [6, 6.07) is 13.4. The lowest BCUT2D eigenvalue weighted by molar-refractivity contribution is 0.261. The monoisotopic (exact) mass is 268 g/mol. The van der Waals surface area contributed by atoms with Crippen molar-refractivity contribution in [1.82, 2.24) is 4.57 Å². The van der Waals surface area contributed by atoms with Crippen LogP contribution < -0.4 is 5.32 Å². The van der Waals surface area contributed by atoms with Crippen LogP contribution in [0.3, 0.4) is 0 Å². The fourth-order valence-corrected chi connectivity index (χ4v) is 3.18. The first kappa shape index (κ1) is 13.3. The van der Waals surface area contributed by atoms with Gasteiger partial charge in [-0.2, -0.15) is 0 Å². The predicted octanol–water partition coefficient (Wildman–Crippen LogP) is 4.71. The van der Waals surface area contributed by atoms with Crippen molar-refractivity contribution in [3.63, 3.8) is 0 Å². The number of rotatable bonds is 3. The summed E-state index contributed by atoms with van der Waals surface area (Å²) < 4.78 is 2.15. The van der Waals surface area contributed by atoms with Crippen LogP contribution in [-0.2, 0) is 0 Å². The van der Waals surface area contributed by atoms with Crippen LogP contribution in [0.4, 0.5) is 5.69 Å². The number of aromatic nitrogens is 1. The molecule has 1 aromatic carbocycles. The first-order valence-corrected chi connectivity index (χ1v) is 7.72. The summed E-state index contributed by atoms with van der Waals surface area (Å²) in [5.74, 6) is 1.70. The molecular formula is C18H24N2. The minimum Gasteiger partial charge on any atom is -0.382 e. The molecule has 2 aromatic rings. The Hall–Kier alpha value is -1.70. The second kappa shape index (κ2) is 5.74. The Bertz CT molecular complexity index is 544. The normalized spacial score (nSPS) is 26.4. The van der Waals surface area contributed by atoms with Gasteiger partial charge in [0.2, 0.25) is 0 Å². The molecule has 1 aliphatic carbocycles. The van der Waals surface area contributed by atoms with Gasteiger partial charge in [-0.25, -0.2) is 0 Å². The third kappa shape index (κ3) is 2.90. The standard InChI is InChI=1S/C18H24N2/c1-14-8-9-17(12-15(14)2)19-16-6-5-7-18(13-16)20-10-3-4-11-20/h3-7,10-11,13-15,17,19H,8-9,12H2,1-2H3. The maximum Gasteiger partial charge on any atom is 0.0469 e. The molecule has 0 radical (unpaired) electrons. The van der Waals surface area contributed by atoms with Crippen LogP contribution in [0.5, 0.6) is 0 Å². The molecule has 1 aliphatic rings. The molecule has 2 heteroatoms. The lowest BCUT2D eigenvalue weighted by Gasteiger charge is -2.33. The van der Waals surface area contributed by atoms with Crippen LogP contribution in [-0.4, -0.2) is 10.6 Å². The quantitative estimate of drug-likeness (QED) is 0.852. The summed E-state index contributed by atoms with van der Waals surface area (Å²) in [5, 5.41) is 3.72. The highest BCUT2D eigenvalue weighted by molar-refractivity contribution is 5.51. The second-order valence-electron chi connectivity index (χ2n) is 6.25. The number of hydrogen-bond donors (Lipinski definition) is 1. The smallest absolute Gasteiger partial charge is 0.0469 e. The van der Waals surface area contributed by atoms with E-state index < -0.39 is 0 Å². The molecule has 0 saturated heterocycles. The summed E-state index contributed by atoms with van der Waals surface area (Å²) in [5.41, 5.74) is 2.46. The van der Waals surface area contributed by atoms with Gasteiger partial charge in [0, 0.05) is 29.8 Å². The molecular weight excluding hydrogens is 244 g/mol. The molecule has 0 bridgehead atoms. The zero-order chi connectivity index (χ0) is 13.9. The van der Waals surface area contributed by atoms with Gasteiger partial charge in [-0.3, -0.25) is 0 Å². The van der Waals surface area contributed by atoms with Gasteiger partial charge in [-0.15, -0.1) is 0 Å². The van der Waals surface area contributed by atoms with Crippen molar-refractivity contribution in [2.45, 2.75) is 39.2 Å². The Morgan fingerprint density at radius 1 is 1.00 bits per heavy atom.